The van der Waals surface area contributed by atoms with Crippen molar-refractivity contribution < 1.29 is 5.11 Å². The Morgan fingerprint density at radius 1 is 0.515 bits per heavy atom. The van der Waals surface area contributed by atoms with Gasteiger partial charge in [-0.25, -0.2) is 0 Å². The average molecular weight is 434 g/mol. The molecule has 2 nitrogen and oxygen atoms in total. The monoisotopic (exact) mass is 433 g/mol. The lowest BCUT2D eigenvalue weighted by atomic mass is 9.92. The standard InChI is InChI=1S/C31H31NO/c33-31-29-18-16-25-13-11-24(12-14-25)15-17-28(19-20-29)30(31)23-32(21-26-7-3-1-4-8-26)22-27-9-5-2-6-10-27/h1-14,19-20,33H,15-18,21-23H2. The third-order valence-electron chi connectivity index (χ3n) is 6.73. The molecule has 4 bridgehead atoms. The number of benzene rings is 4. The second-order valence-corrected chi connectivity index (χ2v) is 9.14. The zero-order chi connectivity index (χ0) is 22.5. The summed E-state index contributed by atoms with van der Waals surface area (Å²) in [5, 5.41) is 11.4. The summed E-state index contributed by atoms with van der Waals surface area (Å²) in [5.41, 5.74) is 8.68. The van der Waals surface area contributed by atoms with Crippen molar-refractivity contribution in [2.75, 3.05) is 0 Å². The van der Waals surface area contributed by atoms with Crippen molar-refractivity contribution >= 4 is 0 Å². The van der Waals surface area contributed by atoms with Crippen LogP contribution in [-0.4, -0.2) is 10.0 Å². The van der Waals surface area contributed by atoms with Gasteiger partial charge >= 0.3 is 0 Å². The summed E-state index contributed by atoms with van der Waals surface area (Å²) in [5.74, 6) is 0.494. The van der Waals surface area contributed by atoms with E-state index in [1.165, 1.54) is 27.8 Å². The van der Waals surface area contributed by atoms with Crippen molar-refractivity contribution in [3.63, 3.8) is 0 Å². The molecule has 0 saturated carbocycles. The SMILES string of the molecule is Oc1c2ccc(c1CN(Cc1ccccc1)Cc1ccccc1)CCc1ccc(cc1)CC2. The lowest BCUT2D eigenvalue weighted by molar-refractivity contribution is 0.243. The molecule has 166 valence electrons. The molecular weight excluding hydrogens is 402 g/mol. The lowest BCUT2D eigenvalue weighted by Crippen LogP contribution is -2.23. The number of aromatic hydroxyl groups is 1. The lowest BCUT2D eigenvalue weighted by Gasteiger charge is -2.26. The van der Waals surface area contributed by atoms with E-state index in [2.05, 4.69) is 102 Å². The van der Waals surface area contributed by atoms with E-state index in [0.717, 1.165) is 56.4 Å². The van der Waals surface area contributed by atoms with Crippen LogP contribution in [0.5, 0.6) is 5.75 Å². The van der Waals surface area contributed by atoms with Crippen molar-refractivity contribution in [1.29, 1.82) is 0 Å². The normalized spacial score (nSPS) is 13.1. The molecule has 0 atom stereocenters. The van der Waals surface area contributed by atoms with E-state index >= 15 is 0 Å². The van der Waals surface area contributed by atoms with Gasteiger partial charge in [0.2, 0.25) is 0 Å². The van der Waals surface area contributed by atoms with Gasteiger partial charge in [-0.1, -0.05) is 97.1 Å². The number of phenolic OH excluding ortho intramolecular Hbond substituents is 1. The van der Waals surface area contributed by atoms with Crippen LogP contribution in [0, 0.1) is 0 Å². The summed E-state index contributed by atoms with van der Waals surface area (Å²) in [6.07, 6.45) is 3.73. The topological polar surface area (TPSA) is 23.5 Å². The molecule has 0 fully saturated rings. The fraction of sp³-hybridized carbons (Fsp3) is 0.226. The molecule has 0 aromatic heterocycles. The molecule has 4 aromatic carbocycles. The fourth-order valence-corrected chi connectivity index (χ4v) is 4.84. The van der Waals surface area contributed by atoms with E-state index in [1.54, 1.807) is 0 Å². The minimum atomic E-state index is 0.494. The molecule has 0 radical (unpaired) electrons. The van der Waals surface area contributed by atoms with Crippen LogP contribution in [0.4, 0.5) is 0 Å². The van der Waals surface area contributed by atoms with Gasteiger partial charge in [0.05, 0.1) is 0 Å². The molecule has 0 unspecified atom stereocenters. The second kappa shape index (κ2) is 10.1. The third-order valence-corrected chi connectivity index (χ3v) is 6.73. The van der Waals surface area contributed by atoms with E-state index in [9.17, 15) is 5.11 Å². The van der Waals surface area contributed by atoms with Crippen molar-refractivity contribution in [2.45, 2.75) is 45.3 Å². The van der Waals surface area contributed by atoms with Crippen LogP contribution in [0.1, 0.15) is 38.9 Å². The minimum Gasteiger partial charge on any atom is -0.507 e. The van der Waals surface area contributed by atoms with Crippen molar-refractivity contribution in [1.82, 2.24) is 4.90 Å². The van der Waals surface area contributed by atoms with E-state index < -0.39 is 0 Å². The van der Waals surface area contributed by atoms with E-state index in [0.29, 0.717) is 5.75 Å². The van der Waals surface area contributed by atoms with Crippen LogP contribution in [0.2, 0.25) is 0 Å². The van der Waals surface area contributed by atoms with Gasteiger partial charge < -0.3 is 5.11 Å². The van der Waals surface area contributed by atoms with Gasteiger partial charge in [0.1, 0.15) is 5.75 Å². The maximum atomic E-state index is 11.4. The zero-order valence-corrected chi connectivity index (χ0v) is 19.1. The van der Waals surface area contributed by atoms with Gasteiger partial charge in [0, 0.05) is 25.2 Å². The molecule has 0 saturated heterocycles. The number of phenols is 1. The van der Waals surface area contributed by atoms with Gasteiger partial charge in [-0.15, -0.1) is 0 Å². The summed E-state index contributed by atoms with van der Waals surface area (Å²) >= 11 is 0. The first-order valence-electron chi connectivity index (χ1n) is 12.0. The van der Waals surface area contributed by atoms with Crippen LogP contribution in [0.25, 0.3) is 0 Å². The smallest absolute Gasteiger partial charge is 0.123 e. The Kier molecular flexibility index (Phi) is 6.55. The molecule has 8 rings (SSSR count). The highest BCUT2D eigenvalue weighted by molar-refractivity contribution is 5.47. The van der Waals surface area contributed by atoms with Crippen molar-refractivity contribution in [3.05, 3.63) is 136 Å². The van der Waals surface area contributed by atoms with Gasteiger partial charge in [-0.05, 0) is 59.1 Å². The average Bonchev–Trinajstić information content (AvgIpc) is 2.84. The Bertz CT molecular complexity index is 1140. The number of aryl methyl sites for hydroxylation is 4. The number of rotatable bonds is 6. The summed E-state index contributed by atoms with van der Waals surface area (Å²) in [4.78, 5) is 2.45. The summed E-state index contributed by atoms with van der Waals surface area (Å²) in [6.45, 7) is 2.43. The molecular formula is C31H31NO. The van der Waals surface area contributed by atoms with Gasteiger partial charge in [-0.2, -0.15) is 0 Å². The highest BCUT2D eigenvalue weighted by atomic mass is 16.3. The van der Waals surface area contributed by atoms with Crippen LogP contribution >= 0.6 is 0 Å². The Labute approximate surface area is 197 Å². The number of hydrogen-bond donors (Lipinski definition) is 1. The van der Waals surface area contributed by atoms with Crippen LogP contribution in [-0.2, 0) is 45.3 Å². The van der Waals surface area contributed by atoms with E-state index in [4.69, 9.17) is 0 Å². The number of nitrogens with zero attached hydrogens (tertiary/aromatic N) is 1. The maximum Gasteiger partial charge on any atom is 0.123 e. The molecule has 33 heavy (non-hydrogen) atoms. The summed E-state index contributed by atoms with van der Waals surface area (Å²) < 4.78 is 0. The van der Waals surface area contributed by atoms with Gasteiger partial charge in [-0.3, -0.25) is 4.90 Å². The molecule has 4 aliphatic carbocycles. The fourth-order valence-electron chi connectivity index (χ4n) is 4.84. The van der Waals surface area contributed by atoms with Crippen LogP contribution < -0.4 is 0 Å². The summed E-state index contributed by atoms with van der Waals surface area (Å²) in [7, 11) is 0. The number of hydrogen-bond acceptors (Lipinski definition) is 2. The molecule has 0 spiro atoms. The highest BCUT2D eigenvalue weighted by Gasteiger charge is 2.18. The van der Waals surface area contributed by atoms with Gasteiger partial charge in [0.25, 0.3) is 0 Å². The zero-order valence-electron chi connectivity index (χ0n) is 19.1. The Morgan fingerprint density at radius 2 is 1.00 bits per heavy atom. The van der Waals surface area contributed by atoms with Crippen molar-refractivity contribution in [3.8, 4) is 5.75 Å². The molecule has 4 aromatic rings. The van der Waals surface area contributed by atoms with Crippen molar-refractivity contribution in [2.24, 2.45) is 0 Å². The maximum absolute atomic E-state index is 11.4. The largest absolute Gasteiger partial charge is 0.507 e. The van der Waals surface area contributed by atoms with Crippen LogP contribution in [0.15, 0.2) is 97.1 Å². The molecule has 0 aliphatic heterocycles. The highest BCUT2D eigenvalue weighted by Crippen LogP contribution is 2.31. The predicted octanol–water partition coefficient (Wildman–Crippen LogP) is 6.48. The third kappa shape index (κ3) is 5.35. The molecule has 0 heterocycles. The second-order valence-electron chi connectivity index (χ2n) is 9.14. The summed E-state index contributed by atoms with van der Waals surface area (Å²) in [6, 6.07) is 34.7. The molecule has 4 aliphatic rings. The molecule has 0 amide bonds. The first kappa shape index (κ1) is 21.5. The molecule has 2 heteroatoms. The van der Waals surface area contributed by atoms with E-state index in [1.807, 2.05) is 0 Å². The van der Waals surface area contributed by atoms with Crippen LogP contribution in [0.3, 0.4) is 0 Å². The minimum absolute atomic E-state index is 0.494. The Hall–Kier alpha value is -3.36. The van der Waals surface area contributed by atoms with E-state index in [-0.39, 0.29) is 0 Å². The predicted molar refractivity (Wildman–Crippen MR) is 135 cm³/mol. The first-order valence-corrected chi connectivity index (χ1v) is 12.0. The van der Waals surface area contributed by atoms with Gasteiger partial charge in [0.15, 0.2) is 0 Å². The quantitative estimate of drug-likeness (QED) is 0.376. The molecule has 1 N–H and O–H groups in total. The Balaban J connectivity index is 1.47. The Morgan fingerprint density at radius 3 is 1.55 bits per heavy atom. The first-order chi connectivity index (χ1) is 16.2.